The Morgan fingerprint density at radius 1 is 1.12 bits per heavy atom. The smallest absolute Gasteiger partial charge is 0.270 e. The molecule has 162 valence electrons. The standard InChI is InChI=1S/C25H21ClFN3O2/c26-19-5-4-18-12-23(29-22(18)13-19)25(31)30-9-10-32-24(15-30)21-8-3-17(14-28-21)11-16-1-6-20(27)7-2-16/h1-8,12-14,24,29H,9-11,15H2. The third-order valence-corrected chi connectivity index (χ3v) is 5.90. The van der Waals surface area contributed by atoms with Gasteiger partial charge in [0.05, 0.1) is 18.8 Å². The van der Waals surface area contributed by atoms with Gasteiger partial charge in [0, 0.05) is 28.7 Å². The van der Waals surface area contributed by atoms with Crippen LogP contribution in [0.15, 0.2) is 66.9 Å². The summed E-state index contributed by atoms with van der Waals surface area (Å²) < 4.78 is 19.0. The van der Waals surface area contributed by atoms with Crippen LogP contribution in [0.5, 0.6) is 0 Å². The lowest BCUT2D eigenvalue weighted by Gasteiger charge is -2.32. The first-order valence-electron chi connectivity index (χ1n) is 10.4. The van der Waals surface area contributed by atoms with Gasteiger partial charge >= 0.3 is 0 Å². The molecule has 0 bridgehead atoms. The predicted molar refractivity (Wildman–Crippen MR) is 121 cm³/mol. The highest BCUT2D eigenvalue weighted by Gasteiger charge is 2.27. The largest absolute Gasteiger partial charge is 0.368 e. The molecule has 1 amide bonds. The topological polar surface area (TPSA) is 58.2 Å². The van der Waals surface area contributed by atoms with E-state index in [1.165, 1.54) is 12.1 Å². The second kappa shape index (κ2) is 8.73. The Balaban J connectivity index is 1.27. The predicted octanol–water partition coefficient (Wildman–Crippen LogP) is 5.16. The van der Waals surface area contributed by atoms with Crippen LogP contribution in [-0.2, 0) is 11.2 Å². The summed E-state index contributed by atoms with van der Waals surface area (Å²) >= 11 is 6.05. The summed E-state index contributed by atoms with van der Waals surface area (Å²) in [6.07, 6.45) is 2.20. The summed E-state index contributed by atoms with van der Waals surface area (Å²) in [5.41, 5.74) is 4.20. The van der Waals surface area contributed by atoms with Crippen molar-refractivity contribution >= 4 is 28.4 Å². The third-order valence-electron chi connectivity index (χ3n) is 5.67. The Kier molecular flexibility index (Phi) is 5.64. The van der Waals surface area contributed by atoms with Crippen molar-refractivity contribution in [2.45, 2.75) is 12.5 Å². The van der Waals surface area contributed by atoms with Crippen LogP contribution in [0.25, 0.3) is 10.9 Å². The molecule has 7 heteroatoms. The monoisotopic (exact) mass is 449 g/mol. The van der Waals surface area contributed by atoms with Gasteiger partial charge in [-0.2, -0.15) is 0 Å². The zero-order valence-corrected chi connectivity index (χ0v) is 18.0. The Morgan fingerprint density at radius 2 is 1.94 bits per heavy atom. The van der Waals surface area contributed by atoms with E-state index >= 15 is 0 Å². The molecule has 2 aromatic heterocycles. The average Bonchev–Trinajstić information content (AvgIpc) is 3.24. The van der Waals surface area contributed by atoms with Crippen molar-refractivity contribution in [3.8, 4) is 0 Å². The van der Waals surface area contributed by atoms with Gasteiger partial charge in [-0.25, -0.2) is 4.39 Å². The highest BCUT2D eigenvalue weighted by atomic mass is 35.5. The zero-order chi connectivity index (χ0) is 22.1. The number of hydrogen-bond acceptors (Lipinski definition) is 3. The number of aromatic amines is 1. The molecule has 1 aliphatic rings. The van der Waals surface area contributed by atoms with Crippen LogP contribution in [0, 0.1) is 5.82 Å². The lowest BCUT2D eigenvalue weighted by molar-refractivity contribution is -0.0249. The Hall–Kier alpha value is -3.22. The summed E-state index contributed by atoms with van der Waals surface area (Å²) in [6, 6.07) is 17.8. The van der Waals surface area contributed by atoms with E-state index in [1.54, 1.807) is 17.0 Å². The van der Waals surface area contributed by atoms with E-state index in [0.717, 1.165) is 27.7 Å². The fourth-order valence-electron chi connectivity index (χ4n) is 3.97. The van der Waals surface area contributed by atoms with Crippen LogP contribution in [0.3, 0.4) is 0 Å². The number of nitrogens with one attached hydrogen (secondary N) is 1. The maximum Gasteiger partial charge on any atom is 0.270 e. The van der Waals surface area contributed by atoms with Crippen LogP contribution in [-0.4, -0.2) is 40.5 Å². The van der Waals surface area contributed by atoms with Gasteiger partial charge in [0.15, 0.2) is 0 Å². The summed E-state index contributed by atoms with van der Waals surface area (Å²) in [6.45, 7) is 1.40. The van der Waals surface area contributed by atoms with Crippen LogP contribution < -0.4 is 0 Å². The number of H-pyrrole nitrogens is 1. The first kappa shape index (κ1) is 20.7. The second-order valence-corrected chi connectivity index (χ2v) is 8.36. The molecule has 1 aliphatic heterocycles. The minimum atomic E-state index is -0.286. The SMILES string of the molecule is O=C(c1cc2ccc(Cl)cc2[nH]1)N1CCOC(c2ccc(Cc3ccc(F)cc3)cn2)C1. The molecule has 5 rings (SSSR count). The molecule has 0 saturated carbocycles. The van der Waals surface area contributed by atoms with Crippen LogP contribution in [0.2, 0.25) is 5.02 Å². The second-order valence-electron chi connectivity index (χ2n) is 7.92. The fraction of sp³-hybridized carbons (Fsp3) is 0.200. The number of amides is 1. The van der Waals surface area contributed by atoms with E-state index < -0.39 is 0 Å². The zero-order valence-electron chi connectivity index (χ0n) is 17.2. The molecule has 1 fully saturated rings. The quantitative estimate of drug-likeness (QED) is 0.468. The molecule has 0 aliphatic carbocycles. The summed E-state index contributed by atoms with van der Waals surface area (Å²) in [4.78, 5) is 22.6. The van der Waals surface area contributed by atoms with Crippen molar-refractivity contribution < 1.29 is 13.9 Å². The maximum atomic E-state index is 13.1. The minimum absolute atomic E-state index is 0.0708. The summed E-state index contributed by atoms with van der Waals surface area (Å²) in [7, 11) is 0. The van der Waals surface area contributed by atoms with Crippen molar-refractivity contribution in [1.82, 2.24) is 14.9 Å². The fourth-order valence-corrected chi connectivity index (χ4v) is 4.14. The van der Waals surface area contributed by atoms with Crippen molar-refractivity contribution in [2.24, 2.45) is 0 Å². The molecule has 1 unspecified atom stereocenters. The number of nitrogens with zero attached hydrogens (tertiary/aromatic N) is 2. The molecule has 5 nitrogen and oxygen atoms in total. The van der Waals surface area contributed by atoms with Gasteiger partial charge in [0.25, 0.3) is 5.91 Å². The lowest BCUT2D eigenvalue weighted by atomic mass is 10.1. The van der Waals surface area contributed by atoms with Crippen LogP contribution in [0.1, 0.15) is 33.4 Å². The highest BCUT2D eigenvalue weighted by Crippen LogP contribution is 2.25. The molecular formula is C25H21ClFN3O2. The van der Waals surface area contributed by atoms with E-state index in [4.69, 9.17) is 16.3 Å². The molecule has 1 atom stereocenters. The number of benzene rings is 2. The van der Waals surface area contributed by atoms with Gasteiger partial charge in [0.2, 0.25) is 0 Å². The molecule has 1 N–H and O–H groups in total. The van der Waals surface area contributed by atoms with Crippen molar-refractivity contribution in [3.63, 3.8) is 0 Å². The van der Waals surface area contributed by atoms with Gasteiger partial charge < -0.3 is 14.6 Å². The number of aromatic nitrogens is 2. The molecular weight excluding hydrogens is 429 g/mol. The molecule has 2 aromatic carbocycles. The van der Waals surface area contributed by atoms with Crippen LogP contribution in [0.4, 0.5) is 4.39 Å². The number of ether oxygens (including phenoxy) is 1. The molecule has 3 heterocycles. The van der Waals surface area contributed by atoms with Crippen molar-refractivity contribution in [2.75, 3.05) is 19.7 Å². The van der Waals surface area contributed by atoms with Gasteiger partial charge in [-0.3, -0.25) is 9.78 Å². The third kappa shape index (κ3) is 4.38. The van der Waals surface area contributed by atoms with Gasteiger partial charge in [-0.15, -0.1) is 0 Å². The molecule has 1 saturated heterocycles. The van der Waals surface area contributed by atoms with E-state index in [0.29, 0.717) is 36.8 Å². The number of rotatable bonds is 4. The van der Waals surface area contributed by atoms with Gasteiger partial charge in [0.1, 0.15) is 17.6 Å². The number of hydrogen-bond donors (Lipinski definition) is 1. The van der Waals surface area contributed by atoms with Crippen molar-refractivity contribution in [1.29, 1.82) is 0 Å². The maximum absolute atomic E-state index is 13.1. The number of halogens is 2. The van der Waals surface area contributed by atoms with Crippen molar-refractivity contribution in [3.05, 3.63) is 100 Å². The number of pyridine rings is 1. The van der Waals surface area contributed by atoms with Gasteiger partial charge in [-0.05, 0) is 53.9 Å². The average molecular weight is 450 g/mol. The number of fused-ring (bicyclic) bond motifs is 1. The summed E-state index contributed by atoms with van der Waals surface area (Å²) in [5, 5.41) is 1.57. The lowest BCUT2D eigenvalue weighted by Crippen LogP contribution is -2.42. The minimum Gasteiger partial charge on any atom is -0.368 e. The normalized spacial score (nSPS) is 16.4. The van der Waals surface area contributed by atoms with Gasteiger partial charge in [-0.1, -0.05) is 35.9 Å². The Bertz CT molecular complexity index is 1250. The number of morpholine rings is 1. The van der Waals surface area contributed by atoms with E-state index in [1.807, 2.05) is 42.6 Å². The van der Waals surface area contributed by atoms with E-state index in [9.17, 15) is 9.18 Å². The number of carbonyl (C=O) groups is 1. The summed E-state index contributed by atoms with van der Waals surface area (Å²) in [5.74, 6) is -0.314. The molecule has 32 heavy (non-hydrogen) atoms. The van der Waals surface area contributed by atoms with E-state index in [2.05, 4.69) is 9.97 Å². The number of carbonyl (C=O) groups excluding carboxylic acids is 1. The Labute approximate surface area is 189 Å². The Morgan fingerprint density at radius 3 is 2.72 bits per heavy atom. The molecule has 0 radical (unpaired) electrons. The highest BCUT2D eigenvalue weighted by molar-refractivity contribution is 6.31. The van der Waals surface area contributed by atoms with Crippen LogP contribution >= 0.6 is 11.6 Å². The van der Waals surface area contributed by atoms with E-state index in [-0.39, 0.29) is 17.8 Å². The molecule has 4 aromatic rings. The first-order valence-corrected chi connectivity index (χ1v) is 10.8. The molecule has 0 spiro atoms. The first-order chi connectivity index (χ1) is 15.5.